The number of likely N-dealkylation sites (tertiary alicyclic amines) is 1. The predicted molar refractivity (Wildman–Crippen MR) is 154 cm³/mol. The predicted octanol–water partition coefficient (Wildman–Crippen LogP) is 6.85. The van der Waals surface area contributed by atoms with Crippen LogP contribution in [-0.2, 0) is 17.4 Å². The highest BCUT2D eigenvalue weighted by Gasteiger charge is 2.37. The van der Waals surface area contributed by atoms with Crippen LogP contribution in [0.5, 0.6) is 5.75 Å². The lowest BCUT2D eigenvalue weighted by molar-refractivity contribution is 0.283. The zero-order valence-corrected chi connectivity index (χ0v) is 23.3. The van der Waals surface area contributed by atoms with Crippen LogP contribution in [-0.4, -0.2) is 27.5 Å². The van der Waals surface area contributed by atoms with Crippen molar-refractivity contribution >= 4 is 16.7 Å². The molecule has 1 atom stereocenters. The van der Waals surface area contributed by atoms with E-state index in [9.17, 15) is 0 Å². The zero-order chi connectivity index (χ0) is 27.4. The summed E-state index contributed by atoms with van der Waals surface area (Å²) < 4.78 is 11.8. The van der Waals surface area contributed by atoms with Gasteiger partial charge in [-0.3, -0.25) is 5.41 Å². The first-order valence-corrected chi connectivity index (χ1v) is 13.9. The van der Waals surface area contributed by atoms with E-state index in [0.29, 0.717) is 18.3 Å². The molecule has 1 aromatic heterocycles. The number of fused-ring (bicyclic) bond motifs is 2. The van der Waals surface area contributed by atoms with Gasteiger partial charge in [-0.05, 0) is 82.2 Å². The molecule has 0 unspecified atom stereocenters. The van der Waals surface area contributed by atoms with Crippen molar-refractivity contribution < 1.29 is 9.26 Å². The number of nitrogens with one attached hydrogen (secondary N) is 1. The van der Waals surface area contributed by atoms with Crippen LogP contribution in [0.15, 0.2) is 59.1 Å². The van der Waals surface area contributed by atoms with Crippen LogP contribution >= 0.6 is 0 Å². The molecule has 2 aliphatic rings. The van der Waals surface area contributed by atoms with Crippen molar-refractivity contribution in [2.45, 2.75) is 76.9 Å². The number of hydrogen-bond acceptors (Lipinski definition) is 5. The van der Waals surface area contributed by atoms with Gasteiger partial charge in [0.25, 0.3) is 0 Å². The molecule has 202 valence electrons. The van der Waals surface area contributed by atoms with Crippen LogP contribution in [0.25, 0.3) is 22.2 Å². The van der Waals surface area contributed by atoms with Crippen molar-refractivity contribution in [3.05, 3.63) is 77.2 Å². The number of benzene rings is 3. The first-order chi connectivity index (χ1) is 18.6. The Bertz CT molecular complexity index is 1550. The van der Waals surface area contributed by atoms with Gasteiger partial charge < -0.3 is 19.9 Å². The van der Waals surface area contributed by atoms with Crippen molar-refractivity contribution in [3.63, 3.8) is 0 Å². The Kier molecular flexibility index (Phi) is 6.12. The molecule has 0 spiro atoms. The quantitative estimate of drug-likeness (QED) is 0.219. The molecule has 1 fully saturated rings. The standard InChI is InChI=1S/C32H37N5O2/c1-31(2)13-14-32(3,4)26-16-20(7-12-25(26)31)19-38-24-11-10-21-17-23(9-8-22(21)18-24)28-35-29(39-36-28)27-6-5-15-37(27)30(33)34/h7-12,16-18,27H,5-6,13-15,19H2,1-4H3,(H3,33,34)/t27-/m0/s1. The van der Waals surface area contributed by atoms with E-state index in [1.165, 1.54) is 29.5 Å². The average Bonchev–Trinajstić information content (AvgIpc) is 3.60. The fourth-order valence-electron chi connectivity index (χ4n) is 6.14. The van der Waals surface area contributed by atoms with E-state index in [1.54, 1.807) is 0 Å². The molecule has 6 rings (SSSR count). The summed E-state index contributed by atoms with van der Waals surface area (Å²) in [4.78, 5) is 6.45. The fourth-order valence-corrected chi connectivity index (χ4v) is 6.14. The van der Waals surface area contributed by atoms with Crippen LogP contribution in [0.3, 0.4) is 0 Å². The molecule has 39 heavy (non-hydrogen) atoms. The normalized spacial score (nSPS) is 19.7. The van der Waals surface area contributed by atoms with Crippen LogP contribution in [0.2, 0.25) is 0 Å². The van der Waals surface area contributed by atoms with Crippen molar-refractivity contribution in [2.75, 3.05) is 6.54 Å². The molecule has 4 aromatic rings. The average molecular weight is 524 g/mol. The second kappa shape index (κ2) is 9.40. The summed E-state index contributed by atoms with van der Waals surface area (Å²) in [7, 11) is 0. The number of rotatable bonds is 5. The fraction of sp³-hybridized carbons (Fsp3) is 0.406. The van der Waals surface area contributed by atoms with Gasteiger partial charge in [0.1, 0.15) is 18.4 Å². The lowest BCUT2D eigenvalue weighted by Gasteiger charge is -2.42. The molecular formula is C32H37N5O2. The molecule has 3 aromatic carbocycles. The van der Waals surface area contributed by atoms with Crippen LogP contribution < -0.4 is 10.5 Å². The van der Waals surface area contributed by atoms with E-state index < -0.39 is 0 Å². The van der Waals surface area contributed by atoms with E-state index in [0.717, 1.165) is 41.5 Å². The smallest absolute Gasteiger partial charge is 0.249 e. The topological polar surface area (TPSA) is 101 Å². The van der Waals surface area contributed by atoms with Gasteiger partial charge in [-0.1, -0.05) is 69.2 Å². The molecule has 1 aliphatic heterocycles. The number of guanidine groups is 1. The Hall–Kier alpha value is -3.87. The van der Waals surface area contributed by atoms with Gasteiger partial charge in [0, 0.05) is 12.1 Å². The Labute approximate surface area is 229 Å². The van der Waals surface area contributed by atoms with Crippen molar-refractivity contribution in [2.24, 2.45) is 5.73 Å². The van der Waals surface area contributed by atoms with E-state index in [1.807, 2.05) is 17.0 Å². The summed E-state index contributed by atoms with van der Waals surface area (Å²) in [6, 6.07) is 19.1. The molecule has 0 saturated carbocycles. The highest BCUT2D eigenvalue weighted by atomic mass is 16.5. The van der Waals surface area contributed by atoms with Gasteiger partial charge in [-0.2, -0.15) is 4.98 Å². The van der Waals surface area contributed by atoms with Gasteiger partial charge in [0.2, 0.25) is 11.7 Å². The van der Waals surface area contributed by atoms with Crippen molar-refractivity contribution in [1.29, 1.82) is 5.41 Å². The molecule has 1 saturated heterocycles. The highest BCUT2D eigenvalue weighted by molar-refractivity contribution is 5.87. The first kappa shape index (κ1) is 25.4. The molecule has 0 amide bonds. The van der Waals surface area contributed by atoms with Crippen LogP contribution in [0.4, 0.5) is 0 Å². The SMILES string of the molecule is CC1(C)CCC(C)(C)c2cc(COc3ccc4cc(-c5noc([C@@H]6CCCN6C(=N)N)n5)ccc4c3)ccc21. The zero-order valence-electron chi connectivity index (χ0n) is 23.3. The molecular weight excluding hydrogens is 486 g/mol. The largest absolute Gasteiger partial charge is 0.489 e. The summed E-state index contributed by atoms with van der Waals surface area (Å²) in [5.41, 5.74) is 11.1. The lowest BCUT2D eigenvalue weighted by Crippen LogP contribution is -2.35. The monoisotopic (exact) mass is 523 g/mol. The first-order valence-electron chi connectivity index (χ1n) is 13.9. The van der Waals surface area contributed by atoms with Crippen LogP contribution in [0.1, 0.15) is 82.0 Å². The molecule has 7 nitrogen and oxygen atoms in total. The maximum Gasteiger partial charge on any atom is 0.249 e. The molecule has 7 heteroatoms. The third kappa shape index (κ3) is 4.75. The summed E-state index contributed by atoms with van der Waals surface area (Å²) in [6.07, 6.45) is 4.22. The van der Waals surface area contributed by atoms with Crippen molar-refractivity contribution in [3.8, 4) is 17.1 Å². The number of ether oxygens (including phenoxy) is 1. The lowest BCUT2D eigenvalue weighted by atomic mass is 9.63. The van der Waals surface area contributed by atoms with E-state index in [-0.39, 0.29) is 22.8 Å². The maximum atomic E-state index is 7.80. The molecule has 0 bridgehead atoms. The van der Waals surface area contributed by atoms with E-state index in [2.05, 4.69) is 80.3 Å². The van der Waals surface area contributed by atoms with Crippen molar-refractivity contribution in [1.82, 2.24) is 15.0 Å². The van der Waals surface area contributed by atoms with Gasteiger partial charge in [-0.25, -0.2) is 0 Å². The molecule has 0 radical (unpaired) electrons. The maximum absolute atomic E-state index is 7.80. The highest BCUT2D eigenvalue weighted by Crippen LogP contribution is 2.46. The minimum Gasteiger partial charge on any atom is -0.489 e. The number of aromatic nitrogens is 2. The number of hydrogen-bond donors (Lipinski definition) is 2. The van der Waals surface area contributed by atoms with Gasteiger partial charge in [0.05, 0.1) is 0 Å². The Balaban J connectivity index is 1.18. The summed E-state index contributed by atoms with van der Waals surface area (Å²) in [6.45, 7) is 10.7. The third-order valence-corrected chi connectivity index (χ3v) is 8.68. The summed E-state index contributed by atoms with van der Waals surface area (Å²) in [5.74, 6) is 1.94. The summed E-state index contributed by atoms with van der Waals surface area (Å²) in [5, 5.41) is 14.2. The minimum atomic E-state index is -0.128. The summed E-state index contributed by atoms with van der Waals surface area (Å²) >= 11 is 0. The van der Waals surface area contributed by atoms with Gasteiger partial charge >= 0.3 is 0 Å². The Morgan fingerprint density at radius 2 is 1.74 bits per heavy atom. The Morgan fingerprint density at radius 3 is 2.54 bits per heavy atom. The minimum absolute atomic E-state index is 0.0420. The van der Waals surface area contributed by atoms with Gasteiger partial charge in [0.15, 0.2) is 5.96 Å². The van der Waals surface area contributed by atoms with E-state index >= 15 is 0 Å². The van der Waals surface area contributed by atoms with Gasteiger partial charge in [-0.15, -0.1) is 0 Å². The second-order valence-electron chi connectivity index (χ2n) is 12.4. The second-order valence-corrected chi connectivity index (χ2v) is 12.4. The van der Waals surface area contributed by atoms with E-state index in [4.69, 9.17) is 20.4 Å². The number of nitrogens with two attached hydrogens (primary N) is 1. The third-order valence-electron chi connectivity index (χ3n) is 8.68. The molecule has 1 aliphatic carbocycles. The molecule has 3 N–H and O–H groups in total. The Morgan fingerprint density at radius 1 is 1.00 bits per heavy atom. The number of nitrogens with zero attached hydrogens (tertiary/aromatic N) is 3. The molecule has 2 heterocycles. The van der Waals surface area contributed by atoms with Crippen LogP contribution in [0, 0.1) is 5.41 Å².